The lowest BCUT2D eigenvalue weighted by Crippen LogP contribution is -2.29. The number of aryl methyl sites for hydroxylation is 1. The molecule has 98 valence electrons. The van der Waals surface area contributed by atoms with Crippen molar-refractivity contribution in [2.24, 2.45) is 17.8 Å². The van der Waals surface area contributed by atoms with Crippen LogP contribution in [0.5, 0.6) is 0 Å². The molecule has 0 aromatic heterocycles. The molecule has 2 aliphatic rings. The van der Waals surface area contributed by atoms with Gasteiger partial charge in [0.15, 0.2) is 0 Å². The molecule has 2 saturated carbocycles. The summed E-state index contributed by atoms with van der Waals surface area (Å²) in [6, 6.07) is 7.34. The van der Waals surface area contributed by atoms with Gasteiger partial charge in [-0.1, -0.05) is 24.6 Å². The first-order chi connectivity index (χ1) is 8.70. The largest absolute Gasteiger partial charge is 0.313 e. The van der Waals surface area contributed by atoms with Crippen LogP contribution in [0.15, 0.2) is 18.2 Å². The molecule has 0 aliphatic heterocycles. The Kier molecular flexibility index (Phi) is 3.19. The second kappa shape index (κ2) is 4.70. The highest BCUT2D eigenvalue weighted by molar-refractivity contribution is 5.36. The Bertz CT molecular complexity index is 437. The molecule has 1 heteroatoms. The predicted octanol–water partition coefficient (Wildman–Crippen LogP) is 4.00. The van der Waals surface area contributed by atoms with E-state index in [2.05, 4.69) is 44.4 Å². The van der Waals surface area contributed by atoms with E-state index < -0.39 is 0 Å². The van der Waals surface area contributed by atoms with Crippen LogP contribution in [0, 0.1) is 31.6 Å². The van der Waals surface area contributed by atoms with E-state index in [4.69, 9.17) is 0 Å². The Morgan fingerprint density at radius 1 is 1.17 bits per heavy atom. The average Bonchev–Trinajstić information content (AvgIpc) is 2.98. The Labute approximate surface area is 111 Å². The van der Waals surface area contributed by atoms with Crippen molar-refractivity contribution in [3.05, 3.63) is 34.9 Å². The second-order valence-corrected chi connectivity index (χ2v) is 6.39. The Morgan fingerprint density at radius 2 is 2.00 bits per heavy atom. The molecule has 1 N–H and O–H groups in total. The van der Waals surface area contributed by atoms with Gasteiger partial charge in [-0.15, -0.1) is 0 Å². The van der Waals surface area contributed by atoms with E-state index in [1.807, 2.05) is 0 Å². The van der Waals surface area contributed by atoms with Crippen molar-refractivity contribution in [3.63, 3.8) is 0 Å². The molecule has 0 saturated heterocycles. The lowest BCUT2D eigenvalue weighted by molar-refractivity contribution is 0.259. The minimum atomic E-state index is 0.570. The first-order valence-electron chi connectivity index (χ1n) is 7.44. The Morgan fingerprint density at radius 3 is 2.61 bits per heavy atom. The van der Waals surface area contributed by atoms with Gasteiger partial charge in [0.25, 0.3) is 0 Å². The zero-order chi connectivity index (χ0) is 12.7. The second-order valence-electron chi connectivity index (χ2n) is 6.39. The monoisotopic (exact) mass is 243 g/mol. The third kappa shape index (κ3) is 1.89. The molecule has 18 heavy (non-hydrogen) atoms. The summed E-state index contributed by atoms with van der Waals surface area (Å²) in [5.74, 6) is 2.88. The van der Waals surface area contributed by atoms with Gasteiger partial charge < -0.3 is 5.32 Å². The molecule has 1 aromatic rings. The van der Waals surface area contributed by atoms with Gasteiger partial charge in [0, 0.05) is 6.04 Å². The Balaban J connectivity index is 1.90. The molecule has 2 fully saturated rings. The maximum Gasteiger partial charge on any atom is 0.0351 e. The third-order valence-corrected chi connectivity index (χ3v) is 5.51. The van der Waals surface area contributed by atoms with Crippen LogP contribution in [0.1, 0.15) is 48.4 Å². The molecule has 0 amide bonds. The SMILES string of the molecule is CNC(c1cccc(C)c1C)C1CC2CCC1C2. The lowest BCUT2D eigenvalue weighted by atomic mass is 9.79. The predicted molar refractivity (Wildman–Crippen MR) is 76.7 cm³/mol. The van der Waals surface area contributed by atoms with Crippen molar-refractivity contribution in [3.8, 4) is 0 Å². The number of hydrogen-bond acceptors (Lipinski definition) is 1. The van der Waals surface area contributed by atoms with E-state index in [1.54, 1.807) is 0 Å². The summed E-state index contributed by atoms with van der Waals surface area (Å²) in [6.45, 7) is 4.51. The van der Waals surface area contributed by atoms with Crippen LogP contribution < -0.4 is 5.32 Å². The van der Waals surface area contributed by atoms with Gasteiger partial charge >= 0.3 is 0 Å². The van der Waals surface area contributed by atoms with E-state index in [0.717, 1.165) is 17.8 Å². The molecular weight excluding hydrogens is 218 g/mol. The van der Waals surface area contributed by atoms with E-state index in [-0.39, 0.29) is 0 Å². The van der Waals surface area contributed by atoms with Crippen molar-refractivity contribution in [1.29, 1.82) is 0 Å². The van der Waals surface area contributed by atoms with Crippen LogP contribution in [0.2, 0.25) is 0 Å². The van der Waals surface area contributed by atoms with E-state index in [0.29, 0.717) is 6.04 Å². The first-order valence-corrected chi connectivity index (χ1v) is 7.44. The molecule has 4 atom stereocenters. The van der Waals surface area contributed by atoms with Gasteiger partial charge in [-0.25, -0.2) is 0 Å². The highest BCUT2D eigenvalue weighted by Gasteiger charge is 2.43. The highest BCUT2D eigenvalue weighted by atomic mass is 14.9. The maximum absolute atomic E-state index is 3.61. The van der Waals surface area contributed by atoms with Crippen LogP contribution >= 0.6 is 0 Å². The van der Waals surface area contributed by atoms with Gasteiger partial charge in [-0.05, 0) is 74.6 Å². The first kappa shape index (κ1) is 12.2. The minimum absolute atomic E-state index is 0.570. The van der Waals surface area contributed by atoms with Crippen molar-refractivity contribution < 1.29 is 0 Å². The van der Waals surface area contributed by atoms with Crippen LogP contribution in [0.3, 0.4) is 0 Å². The van der Waals surface area contributed by atoms with E-state index in [1.165, 1.54) is 42.4 Å². The molecule has 0 spiro atoms. The quantitative estimate of drug-likeness (QED) is 0.846. The van der Waals surface area contributed by atoms with Gasteiger partial charge in [0.05, 0.1) is 0 Å². The Hall–Kier alpha value is -0.820. The molecule has 0 radical (unpaired) electrons. The van der Waals surface area contributed by atoms with Crippen molar-refractivity contribution >= 4 is 0 Å². The van der Waals surface area contributed by atoms with Gasteiger partial charge in [0.1, 0.15) is 0 Å². The zero-order valence-electron chi connectivity index (χ0n) is 11.9. The maximum atomic E-state index is 3.61. The third-order valence-electron chi connectivity index (χ3n) is 5.51. The molecule has 4 unspecified atom stereocenters. The molecule has 0 heterocycles. The summed E-state index contributed by atoms with van der Waals surface area (Å²) in [7, 11) is 2.14. The summed E-state index contributed by atoms with van der Waals surface area (Å²) in [5.41, 5.74) is 4.45. The topological polar surface area (TPSA) is 12.0 Å². The van der Waals surface area contributed by atoms with Crippen LogP contribution in [-0.2, 0) is 0 Å². The summed E-state index contributed by atoms with van der Waals surface area (Å²) in [6.07, 6.45) is 5.90. The smallest absolute Gasteiger partial charge is 0.0351 e. The molecule has 2 aliphatic carbocycles. The normalized spacial score (nSPS) is 31.8. The zero-order valence-corrected chi connectivity index (χ0v) is 11.9. The van der Waals surface area contributed by atoms with Gasteiger partial charge in [-0.3, -0.25) is 0 Å². The van der Waals surface area contributed by atoms with E-state index in [9.17, 15) is 0 Å². The fourth-order valence-corrected chi connectivity index (χ4v) is 4.41. The number of rotatable bonds is 3. The number of hydrogen-bond donors (Lipinski definition) is 1. The average molecular weight is 243 g/mol. The fraction of sp³-hybridized carbons (Fsp3) is 0.647. The summed E-state index contributed by atoms with van der Waals surface area (Å²) >= 11 is 0. The number of nitrogens with one attached hydrogen (secondary N) is 1. The minimum Gasteiger partial charge on any atom is -0.313 e. The summed E-state index contributed by atoms with van der Waals surface area (Å²) in [5, 5.41) is 3.61. The van der Waals surface area contributed by atoms with E-state index >= 15 is 0 Å². The van der Waals surface area contributed by atoms with Crippen molar-refractivity contribution in [2.45, 2.75) is 45.6 Å². The van der Waals surface area contributed by atoms with Crippen molar-refractivity contribution in [1.82, 2.24) is 5.32 Å². The highest BCUT2D eigenvalue weighted by Crippen LogP contribution is 2.52. The number of benzene rings is 1. The van der Waals surface area contributed by atoms with Gasteiger partial charge in [-0.2, -0.15) is 0 Å². The summed E-state index contributed by atoms with van der Waals surface area (Å²) < 4.78 is 0. The number of fused-ring (bicyclic) bond motifs is 2. The van der Waals surface area contributed by atoms with Crippen molar-refractivity contribution in [2.75, 3.05) is 7.05 Å². The standard InChI is InChI=1S/C17H25N/c1-11-5-4-6-15(12(11)2)17(18-3)16-10-13-7-8-14(16)9-13/h4-6,13-14,16-18H,7-10H2,1-3H3. The molecule has 1 aromatic carbocycles. The molecule has 3 rings (SSSR count). The molecule has 1 nitrogen and oxygen atoms in total. The van der Waals surface area contributed by atoms with Gasteiger partial charge in [0.2, 0.25) is 0 Å². The lowest BCUT2D eigenvalue weighted by Gasteiger charge is -2.32. The van der Waals surface area contributed by atoms with Crippen LogP contribution in [0.25, 0.3) is 0 Å². The van der Waals surface area contributed by atoms with Crippen LogP contribution in [-0.4, -0.2) is 7.05 Å². The van der Waals surface area contributed by atoms with Crippen LogP contribution in [0.4, 0.5) is 0 Å². The molecular formula is C17H25N. The summed E-state index contributed by atoms with van der Waals surface area (Å²) in [4.78, 5) is 0. The molecule has 2 bridgehead atoms. The fourth-order valence-electron chi connectivity index (χ4n) is 4.41.